The van der Waals surface area contributed by atoms with Crippen LogP contribution in [0.1, 0.15) is 77.6 Å². The molecule has 0 aliphatic heterocycles. The number of hydrogen-bond donors (Lipinski definition) is 0. The zero-order valence-corrected chi connectivity index (χ0v) is 20.8. The Kier molecular flexibility index (Phi) is 5.92. The molecule has 0 radical (unpaired) electrons. The van der Waals surface area contributed by atoms with Crippen LogP contribution in [-0.4, -0.2) is 35.7 Å². The molecule has 0 aromatic heterocycles. The second-order valence-electron chi connectivity index (χ2n) is 12.3. The molecule has 5 fully saturated rings. The fraction of sp³-hybridized carbons (Fsp3) is 0.793. The maximum absolute atomic E-state index is 13.0. The minimum absolute atomic E-state index is 0.0610. The van der Waals surface area contributed by atoms with Gasteiger partial charge in [0.1, 0.15) is 17.2 Å². The molecule has 7 unspecified atom stereocenters. The van der Waals surface area contributed by atoms with Crippen molar-refractivity contribution in [3.8, 4) is 0 Å². The molecule has 6 heteroatoms. The SMILES string of the molecule is CC(OC(=O)COC(=O)C1CC2C(=O)C1C1C3C=CC(C3=O)C21)(C1CCCCC1)C1CCCCC1. The van der Waals surface area contributed by atoms with Crippen molar-refractivity contribution in [2.75, 3.05) is 6.61 Å². The molecule has 6 rings (SSSR count). The topological polar surface area (TPSA) is 86.7 Å². The maximum Gasteiger partial charge on any atom is 0.344 e. The molecule has 0 amide bonds. The van der Waals surface area contributed by atoms with E-state index in [1.807, 2.05) is 12.2 Å². The first-order valence-corrected chi connectivity index (χ1v) is 14.0. The van der Waals surface area contributed by atoms with E-state index in [-0.39, 0.29) is 41.2 Å². The van der Waals surface area contributed by atoms with Gasteiger partial charge in [0.25, 0.3) is 0 Å². The van der Waals surface area contributed by atoms with Gasteiger partial charge in [0.2, 0.25) is 0 Å². The van der Waals surface area contributed by atoms with E-state index in [0.29, 0.717) is 18.3 Å². The number of esters is 2. The fourth-order valence-electron chi connectivity index (χ4n) is 9.14. The summed E-state index contributed by atoms with van der Waals surface area (Å²) in [6.45, 7) is 1.72. The van der Waals surface area contributed by atoms with Gasteiger partial charge < -0.3 is 9.47 Å². The van der Waals surface area contributed by atoms with Crippen LogP contribution in [0.2, 0.25) is 0 Å². The van der Waals surface area contributed by atoms with Crippen LogP contribution in [0, 0.1) is 53.3 Å². The fourth-order valence-corrected chi connectivity index (χ4v) is 9.14. The minimum atomic E-state index is -0.537. The summed E-state index contributed by atoms with van der Waals surface area (Å²) in [5, 5.41) is 0. The van der Waals surface area contributed by atoms with Gasteiger partial charge in [-0.05, 0) is 62.7 Å². The molecule has 0 heterocycles. The molecule has 0 spiro atoms. The summed E-state index contributed by atoms with van der Waals surface area (Å²) in [5.41, 5.74) is -0.504. The Morgan fingerprint density at radius 3 is 2.03 bits per heavy atom. The second kappa shape index (κ2) is 8.85. The van der Waals surface area contributed by atoms with Gasteiger partial charge >= 0.3 is 11.9 Å². The lowest BCUT2D eigenvalue weighted by Gasteiger charge is -2.46. The zero-order valence-electron chi connectivity index (χ0n) is 20.8. The molecule has 4 bridgehead atoms. The predicted octanol–water partition coefficient (Wildman–Crippen LogP) is 4.44. The van der Waals surface area contributed by atoms with E-state index in [1.165, 1.54) is 38.5 Å². The highest BCUT2D eigenvalue weighted by Crippen LogP contribution is 2.64. The van der Waals surface area contributed by atoms with Gasteiger partial charge in [0.15, 0.2) is 6.61 Å². The van der Waals surface area contributed by atoms with Crippen LogP contribution in [0.25, 0.3) is 0 Å². The van der Waals surface area contributed by atoms with E-state index in [2.05, 4.69) is 6.92 Å². The van der Waals surface area contributed by atoms with Crippen molar-refractivity contribution >= 4 is 23.5 Å². The Morgan fingerprint density at radius 2 is 1.43 bits per heavy atom. The van der Waals surface area contributed by atoms with Crippen molar-refractivity contribution in [2.45, 2.75) is 83.2 Å². The zero-order chi connectivity index (χ0) is 24.3. The van der Waals surface area contributed by atoms with Gasteiger partial charge in [0, 0.05) is 23.7 Å². The number of ether oxygens (including phenoxy) is 2. The van der Waals surface area contributed by atoms with Crippen LogP contribution >= 0.6 is 0 Å². The monoisotopic (exact) mass is 482 g/mol. The molecule has 6 aliphatic rings. The number of Topliss-reactive ketones (excluding diaryl/α,β-unsaturated/α-hetero) is 2. The van der Waals surface area contributed by atoms with Crippen LogP contribution in [0.4, 0.5) is 0 Å². The lowest BCUT2D eigenvalue weighted by Crippen LogP contribution is -2.48. The highest BCUT2D eigenvalue weighted by atomic mass is 16.6. The third-order valence-electron chi connectivity index (χ3n) is 10.8. The number of hydrogen-bond acceptors (Lipinski definition) is 6. The van der Waals surface area contributed by atoms with Gasteiger partial charge in [0.05, 0.1) is 5.92 Å². The molecule has 6 aliphatic carbocycles. The van der Waals surface area contributed by atoms with Crippen molar-refractivity contribution < 1.29 is 28.7 Å². The van der Waals surface area contributed by atoms with Crippen LogP contribution in [0.15, 0.2) is 12.2 Å². The summed E-state index contributed by atoms with van der Waals surface area (Å²) in [4.78, 5) is 51.5. The summed E-state index contributed by atoms with van der Waals surface area (Å²) < 4.78 is 11.7. The lowest BCUT2D eigenvalue weighted by molar-refractivity contribution is -0.185. The smallest absolute Gasteiger partial charge is 0.344 e. The van der Waals surface area contributed by atoms with E-state index >= 15 is 0 Å². The quantitative estimate of drug-likeness (QED) is 0.316. The average molecular weight is 483 g/mol. The molecule has 0 N–H and O–H groups in total. The molecule has 6 nitrogen and oxygen atoms in total. The minimum Gasteiger partial charge on any atom is -0.456 e. The Morgan fingerprint density at radius 1 is 0.857 bits per heavy atom. The van der Waals surface area contributed by atoms with Crippen molar-refractivity contribution in [1.82, 2.24) is 0 Å². The van der Waals surface area contributed by atoms with Gasteiger partial charge in [-0.2, -0.15) is 0 Å². The molecule has 5 saturated carbocycles. The first-order chi connectivity index (χ1) is 16.9. The number of rotatable bonds is 6. The predicted molar refractivity (Wildman–Crippen MR) is 127 cm³/mol. The van der Waals surface area contributed by atoms with E-state index in [0.717, 1.165) is 25.7 Å². The molecular formula is C29H38O6. The third kappa shape index (κ3) is 3.64. The van der Waals surface area contributed by atoms with Gasteiger partial charge in [-0.1, -0.05) is 50.7 Å². The molecule has 7 atom stereocenters. The summed E-state index contributed by atoms with van der Waals surface area (Å²) in [7, 11) is 0. The van der Waals surface area contributed by atoms with Crippen molar-refractivity contribution in [1.29, 1.82) is 0 Å². The first kappa shape index (κ1) is 23.4. The highest BCUT2D eigenvalue weighted by molar-refractivity contribution is 6.01. The average Bonchev–Trinajstić information content (AvgIpc) is 3.59. The van der Waals surface area contributed by atoms with Gasteiger partial charge in [-0.3, -0.25) is 14.4 Å². The molecule has 190 valence electrons. The van der Waals surface area contributed by atoms with E-state index in [1.54, 1.807) is 0 Å². The summed E-state index contributed by atoms with van der Waals surface area (Å²) in [5.74, 6) is -1.45. The van der Waals surface area contributed by atoms with Gasteiger partial charge in [-0.25, -0.2) is 4.79 Å². The number of carbonyl (C=O) groups is 4. The van der Waals surface area contributed by atoms with Crippen molar-refractivity contribution in [3.05, 3.63) is 12.2 Å². The number of ketones is 2. The normalized spacial score (nSPS) is 38.7. The summed E-state index contributed by atoms with van der Waals surface area (Å²) in [6, 6.07) is 0. The summed E-state index contributed by atoms with van der Waals surface area (Å²) in [6.07, 6.45) is 15.9. The number of allylic oxidation sites excluding steroid dienone is 2. The van der Waals surface area contributed by atoms with E-state index in [4.69, 9.17) is 9.47 Å². The molecule has 0 aromatic rings. The Hall–Kier alpha value is -1.98. The third-order valence-corrected chi connectivity index (χ3v) is 10.8. The standard InChI is InChI=1S/C29H38O6/c1-29(16-8-4-2-5-9-16,17-10-6-3-7-11-17)35-22(30)15-34-28(33)21-14-20-23-18-12-13-19(26(18)31)24(23)25(21)27(20)32/h12-13,16-21,23-25H,2-11,14-15H2,1H3. The lowest BCUT2D eigenvalue weighted by atomic mass is 9.67. The molecular weight excluding hydrogens is 444 g/mol. The van der Waals surface area contributed by atoms with Crippen LogP contribution in [0.3, 0.4) is 0 Å². The molecule has 35 heavy (non-hydrogen) atoms. The maximum atomic E-state index is 13.0. The van der Waals surface area contributed by atoms with Crippen LogP contribution < -0.4 is 0 Å². The van der Waals surface area contributed by atoms with Crippen LogP contribution in [0.5, 0.6) is 0 Å². The largest absolute Gasteiger partial charge is 0.456 e. The van der Waals surface area contributed by atoms with E-state index in [9.17, 15) is 19.2 Å². The number of carbonyl (C=O) groups excluding carboxylic acids is 4. The van der Waals surface area contributed by atoms with E-state index < -0.39 is 36.0 Å². The number of fused-ring (bicyclic) bond motifs is 9. The Balaban J connectivity index is 1.09. The first-order valence-electron chi connectivity index (χ1n) is 14.0. The van der Waals surface area contributed by atoms with Crippen molar-refractivity contribution in [2.24, 2.45) is 53.3 Å². The van der Waals surface area contributed by atoms with Crippen molar-refractivity contribution in [3.63, 3.8) is 0 Å². The van der Waals surface area contributed by atoms with Crippen LogP contribution in [-0.2, 0) is 28.7 Å². The highest BCUT2D eigenvalue weighted by Gasteiger charge is 2.69. The van der Waals surface area contributed by atoms with Gasteiger partial charge in [-0.15, -0.1) is 0 Å². The Labute approximate surface area is 207 Å². The molecule has 0 saturated heterocycles. The second-order valence-corrected chi connectivity index (χ2v) is 12.3. The Bertz CT molecular complexity index is 921. The molecule has 0 aromatic carbocycles. The summed E-state index contributed by atoms with van der Waals surface area (Å²) >= 11 is 0.